The fraction of sp³-hybridized carbons (Fsp3) is 0.222. The molecule has 0 aliphatic carbocycles. The maximum Gasteiger partial charge on any atom is 0.224 e. The van der Waals surface area contributed by atoms with Crippen LogP contribution in [0.2, 0.25) is 5.28 Å². The summed E-state index contributed by atoms with van der Waals surface area (Å²) in [5.74, 6) is 1.83. The monoisotopic (exact) mass is 343 g/mol. The number of hydrogen-bond donors (Lipinski definition) is 1. The third-order valence-corrected chi connectivity index (χ3v) is 4.07. The molecular weight excluding hydrogens is 326 g/mol. The van der Waals surface area contributed by atoms with E-state index in [9.17, 15) is 0 Å². The van der Waals surface area contributed by atoms with Crippen molar-refractivity contribution >= 4 is 34.0 Å². The van der Waals surface area contributed by atoms with E-state index in [0.717, 1.165) is 22.2 Å². The zero-order valence-electron chi connectivity index (χ0n) is 14.0. The molecule has 0 fully saturated rings. The minimum Gasteiger partial charge on any atom is -0.493 e. The van der Waals surface area contributed by atoms with E-state index in [0.29, 0.717) is 22.8 Å². The minimum atomic E-state index is 0.170. The summed E-state index contributed by atoms with van der Waals surface area (Å²) in [4.78, 5) is 8.64. The van der Waals surface area contributed by atoms with Crippen LogP contribution in [0.3, 0.4) is 0 Å². The normalized spacial score (nSPS) is 10.7. The predicted molar refractivity (Wildman–Crippen MR) is 96.9 cm³/mol. The molecule has 1 N–H and O–H groups in total. The predicted octanol–water partition coefficient (Wildman–Crippen LogP) is 4.66. The molecular formula is C18H18ClN3O2. The van der Waals surface area contributed by atoms with Crippen molar-refractivity contribution in [2.75, 3.05) is 19.5 Å². The van der Waals surface area contributed by atoms with E-state index in [1.807, 2.05) is 38.1 Å². The molecule has 3 aromatic rings. The Hall–Kier alpha value is -2.53. The number of anilines is 2. The van der Waals surface area contributed by atoms with Crippen LogP contribution in [0.15, 0.2) is 30.3 Å². The second-order valence-corrected chi connectivity index (χ2v) is 5.80. The van der Waals surface area contributed by atoms with Gasteiger partial charge < -0.3 is 14.8 Å². The van der Waals surface area contributed by atoms with Gasteiger partial charge in [0.25, 0.3) is 0 Å². The Morgan fingerprint density at radius 2 is 1.58 bits per heavy atom. The standard InChI is InChI=1S/C18H18ClN3O2/c1-10-6-5-7-11(2)16(10)21-17-12-8-14(23-3)15(24-4)9-13(12)20-18(19)22-17/h5-9H,1-4H3,(H,20,21,22). The molecule has 3 rings (SSSR count). The Morgan fingerprint density at radius 3 is 2.21 bits per heavy atom. The van der Waals surface area contributed by atoms with Gasteiger partial charge in [0.15, 0.2) is 11.5 Å². The first-order valence-corrected chi connectivity index (χ1v) is 7.83. The van der Waals surface area contributed by atoms with Crippen LogP contribution in [-0.4, -0.2) is 24.2 Å². The van der Waals surface area contributed by atoms with Crippen LogP contribution in [0.1, 0.15) is 11.1 Å². The van der Waals surface area contributed by atoms with Crippen LogP contribution < -0.4 is 14.8 Å². The Morgan fingerprint density at radius 1 is 0.958 bits per heavy atom. The maximum atomic E-state index is 6.10. The maximum absolute atomic E-state index is 6.10. The minimum absolute atomic E-state index is 0.170. The molecule has 0 saturated carbocycles. The summed E-state index contributed by atoms with van der Waals surface area (Å²) in [6.07, 6.45) is 0. The highest BCUT2D eigenvalue weighted by molar-refractivity contribution is 6.28. The number of halogens is 1. The molecule has 5 nitrogen and oxygen atoms in total. The van der Waals surface area contributed by atoms with E-state index < -0.39 is 0 Å². The second-order valence-electron chi connectivity index (χ2n) is 5.46. The highest BCUT2D eigenvalue weighted by Crippen LogP contribution is 2.36. The number of rotatable bonds is 4. The van der Waals surface area contributed by atoms with Gasteiger partial charge in [0.1, 0.15) is 5.82 Å². The van der Waals surface area contributed by atoms with Crippen LogP contribution in [0.25, 0.3) is 10.9 Å². The molecule has 0 saturated heterocycles. The number of fused-ring (bicyclic) bond motifs is 1. The molecule has 1 aromatic heterocycles. The number of methoxy groups -OCH3 is 2. The van der Waals surface area contributed by atoms with Gasteiger partial charge in [-0.25, -0.2) is 4.98 Å². The smallest absolute Gasteiger partial charge is 0.224 e. The molecule has 0 spiro atoms. The van der Waals surface area contributed by atoms with Gasteiger partial charge >= 0.3 is 0 Å². The van der Waals surface area contributed by atoms with E-state index >= 15 is 0 Å². The molecule has 0 radical (unpaired) electrons. The van der Waals surface area contributed by atoms with Gasteiger partial charge in [0.2, 0.25) is 5.28 Å². The van der Waals surface area contributed by atoms with Crippen molar-refractivity contribution in [3.05, 3.63) is 46.7 Å². The summed E-state index contributed by atoms with van der Waals surface area (Å²) >= 11 is 6.10. The van der Waals surface area contributed by atoms with E-state index in [1.54, 1.807) is 20.3 Å². The highest BCUT2D eigenvalue weighted by Gasteiger charge is 2.14. The van der Waals surface area contributed by atoms with E-state index in [4.69, 9.17) is 21.1 Å². The topological polar surface area (TPSA) is 56.3 Å². The third kappa shape index (κ3) is 2.95. The van der Waals surface area contributed by atoms with Crippen molar-refractivity contribution in [2.45, 2.75) is 13.8 Å². The van der Waals surface area contributed by atoms with Crippen LogP contribution in [0.5, 0.6) is 11.5 Å². The number of nitrogens with one attached hydrogen (secondary N) is 1. The van der Waals surface area contributed by atoms with Gasteiger partial charge in [-0.1, -0.05) is 18.2 Å². The van der Waals surface area contributed by atoms with Crippen molar-refractivity contribution in [2.24, 2.45) is 0 Å². The fourth-order valence-electron chi connectivity index (χ4n) is 2.65. The van der Waals surface area contributed by atoms with Gasteiger partial charge in [0.05, 0.1) is 19.7 Å². The van der Waals surface area contributed by atoms with Crippen LogP contribution in [-0.2, 0) is 0 Å². The first-order valence-electron chi connectivity index (χ1n) is 7.46. The van der Waals surface area contributed by atoms with Gasteiger partial charge in [0, 0.05) is 17.1 Å². The number of aryl methyl sites for hydroxylation is 2. The summed E-state index contributed by atoms with van der Waals surface area (Å²) in [5.41, 5.74) is 3.93. The largest absolute Gasteiger partial charge is 0.493 e. The van der Waals surface area contributed by atoms with Gasteiger partial charge in [-0.15, -0.1) is 0 Å². The van der Waals surface area contributed by atoms with Gasteiger partial charge in [-0.05, 0) is 42.6 Å². The molecule has 0 aliphatic heterocycles. The van der Waals surface area contributed by atoms with Crippen molar-refractivity contribution in [1.29, 1.82) is 0 Å². The number of ether oxygens (including phenoxy) is 2. The lowest BCUT2D eigenvalue weighted by Gasteiger charge is -2.15. The van der Waals surface area contributed by atoms with Crippen molar-refractivity contribution in [1.82, 2.24) is 9.97 Å². The summed E-state index contributed by atoms with van der Waals surface area (Å²) in [6, 6.07) is 9.75. The number of para-hydroxylation sites is 1. The molecule has 0 bridgehead atoms. The lowest BCUT2D eigenvalue weighted by molar-refractivity contribution is 0.356. The Balaban J connectivity index is 2.20. The summed E-state index contributed by atoms with van der Waals surface area (Å²) < 4.78 is 10.7. The first kappa shape index (κ1) is 16.3. The summed E-state index contributed by atoms with van der Waals surface area (Å²) in [5, 5.41) is 4.36. The lowest BCUT2D eigenvalue weighted by atomic mass is 10.1. The molecule has 2 aromatic carbocycles. The Labute approximate surface area is 145 Å². The van der Waals surface area contributed by atoms with Crippen molar-refractivity contribution in [3.63, 3.8) is 0 Å². The first-order chi connectivity index (χ1) is 11.5. The Bertz CT molecular complexity index is 892. The number of benzene rings is 2. The second kappa shape index (κ2) is 6.53. The van der Waals surface area contributed by atoms with E-state index in [-0.39, 0.29) is 5.28 Å². The molecule has 0 amide bonds. The lowest BCUT2D eigenvalue weighted by Crippen LogP contribution is -2.01. The highest BCUT2D eigenvalue weighted by atomic mass is 35.5. The quantitative estimate of drug-likeness (QED) is 0.698. The van der Waals surface area contributed by atoms with Crippen LogP contribution in [0.4, 0.5) is 11.5 Å². The van der Waals surface area contributed by atoms with Crippen molar-refractivity contribution in [3.8, 4) is 11.5 Å². The third-order valence-electron chi connectivity index (χ3n) is 3.90. The summed E-state index contributed by atoms with van der Waals surface area (Å²) in [7, 11) is 3.18. The average molecular weight is 344 g/mol. The molecule has 24 heavy (non-hydrogen) atoms. The molecule has 6 heteroatoms. The van der Waals surface area contributed by atoms with E-state index in [2.05, 4.69) is 15.3 Å². The van der Waals surface area contributed by atoms with E-state index in [1.165, 1.54) is 0 Å². The fourth-order valence-corrected chi connectivity index (χ4v) is 2.83. The average Bonchev–Trinajstić information content (AvgIpc) is 2.56. The number of nitrogens with zero attached hydrogens (tertiary/aromatic N) is 2. The SMILES string of the molecule is COc1cc2nc(Cl)nc(Nc3c(C)cccc3C)c2cc1OC. The zero-order chi connectivity index (χ0) is 17.3. The number of hydrogen-bond acceptors (Lipinski definition) is 5. The number of aromatic nitrogens is 2. The molecule has 0 atom stereocenters. The Kier molecular flexibility index (Phi) is 4.44. The molecule has 124 valence electrons. The van der Waals surface area contributed by atoms with Gasteiger partial charge in [-0.3, -0.25) is 0 Å². The molecule has 0 aliphatic rings. The zero-order valence-corrected chi connectivity index (χ0v) is 14.7. The molecule has 1 heterocycles. The summed E-state index contributed by atoms with van der Waals surface area (Å²) in [6.45, 7) is 4.09. The van der Waals surface area contributed by atoms with Crippen molar-refractivity contribution < 1.29 is 9.47 Å². The van der Waals surface area contributed by atoms with Crippen LogP contribution in [0, 0.1) is 13.8 Å². The van der Waals surface area contributed by atoms with Gasteiger partial charge in [-0.2, -0.15) is 4.98 Å². The molecule has 0 unspecified atom stereocenters. The van der Waals surface area contributed by atoms with Crippen LogP contribution >= 0.6 is 11.6 Å².